The topological polar surface area (TPSA) is 76.2 Å². The summed E-state index contributed by atoms with van der Waals surface area (Å²) >= 11 is 0. The van der Waals surface area contributed by atoms with Gasteiger partial charge in [0.15, 0.2) is 12.4 Å². The third-order valence-corrected chi connectivity index (χ3v) is 3.50. The van der Waals surface area contributed by atoms with E-state index in [9.17, 15) is 18.8 Å². The predicted molar refractivity (Wildman–Crippen MR) is 81.3 cm³/mol. The molecule has 0 fully saturated rings. The zero-order valence-electron chi connectivity index (χ0n) is 13.0. The number of rotatable bonds is 5. The number of carbonyl (C=O) groups is 3. The molecule has 0 aliphatic carbocycles. The van der Waals surface area contributed by atoms with Crippen LogP contribution in [0.1, 0.15) is 49.4 Å². The van der Waals surface area contributed by atoms with Crippen LogP contribution in [0.4, 0.5) is 4.39 Å². The monoisotopic (exact) mass is 317 g/mol. The number of halogens is 1. The third-order valence-electron chi connectivity index (χ3n) is 3.50. The average molecular weight is 317 g/mol. The highest BCUT2D eigenvalue weighted by Crippen LogP contribution is 2.19. The zero-order chi connectivity index (χ0) is 17.1. The molecule has 1 aromatic carbocycles. The molecule has 120 valence electrons. The van der Waals surface area contributed by atoms with E-state index in [0.29, 0.717) is 16.8 Å². The molecule has 1 N–H and O–H groups in total. The second kappa shape index (κ2) is 6.56. The first-order chi connectivity index (χ1) is 10.8. The molecule has 0 aliphatic rings. The SMILES string of the molecule is CC(=O)c1c(C)[nH]c(C(=O)COC(=O)c2ccccc2F)c1C. The van der Waals surface area contributed by atoms with Crippen molar-refractivity contribution in [3.8, 4) is 0 Å². The van der Waals surface area contributed by atoms with E-state index in [2.05, 4.69) is 4.98 Å². The molecule has 23 heavy (non-hydrogen) atoms. The highest BCUT2D eigenvalue weighted by molar-refractivity contribution is 6.04. The van der Waals surface area contributed by atoms with Gasteiger partial charge in [-0.3, -0.25) is 9.59 Å². The number of ether oxygens (including phenoxy) is 1. The number of Topliss-reactive ketones (excluding diaryl/α,β-unsaturated/α-hetero) is 2. The van der Waals surface area contributed by atoms with Crippen LogP contribution in [0, 0.1) is 19.7 Å². The van der Waals surface area contributed by atoms with E-state index < -0.39 is 24.2 Å². The van der Waals surface area contributed by atoms with Crippen molar-refractivity contribution in [2.24, 2.45) is 0 Å². The molecular formula is C17H16FNO4. The fourth-order valence-electron chi connectivity index (χ4n) is 2.46. The second-order valence-electron chi connectivity index (χ2n) is 5.16. The first kappa shape index (κ1) is 16.6. The molecule has 0 bridgehead atoms. The van der Waals surface area contributed by atoms with Gasteiger partial charge < -0.3 is 9.72 Å². The predicted octanol–water partition coefficient (Wildman–Crippen LogP) is 3.01. The van der Waals surface area contributed by atoms with Gasteiger partial charge in [0.2, 0.25) is 5.78 Å². The molecule has 1 aromatic heterocycles. The molecule has 0 amide bonds. The number of hydrogen-bond acceptors (Lipinski definition) is 4. The van der Waals surface area contributed by atoms with Crippen molar-refractivity contribution in [2.75, 3.05) is 6.61 Å². The number of aromatic amines is 1. The van der Waals surface area contributed by atoms with Crippen LogP contribution in [-0.4, -0.2) is 29.1 Å². The Morgan fingerprint density at radius 1 is 1.17 bits per heavy atom. The maximum atomic E-state index is 13.5. The summed E-state index contributed by atoms with van der Waals surface area (Å²) in [5.41, 5.74) is 1.53. The quantitative estimate of drug-likeness (QED) is 0.679. The number of nitrogens with one attached hydrogen (secondary N) is 1. The Balaban J connectivity index is 2.12. The van der Waals surface area contributed by atoms with E-state index in [-0.39, 0.29) is 17.0 Å². The molecule has 2 aromatic rings. The van der Waals surface area contributed by atoms with E-state index in [1.54, 1.807) is 13.8 Å². The molecule has 0 saturated heterocycles. The van der Waals surface area contributed by atoms with Gasteiger partial charge in [-0.1, -0.05) is 12.1 Å². The van der Waals surface area contributed by atoms with Gasteiger partial charge in [-0.05, 0) is 38.5 Å². The molecule has 0 radical (unpaired) electrons. The minimum Gasteiger partial charge on any atom is -0.454 e. The summed E-state index contributed by atoms with van der Waals surface area (Å²) in [4.78, 5) is 38.3. The van der Waals surface area contributed by atoms with Crippen molar-refractivity contribution in [2.45, 2.75) is 20.8 Å². The molecule has 6 heteroatoms. The minimum absolute atomic E-state index is 0.154. The summed E-state index contributed by atoms with van der Waals surface area (Å²) in [6.45, 7) is 4.21. The van der Waals surface area contributed by atoms with E-state index in [0.717, 1.165) is 6.07 Å². The molecule has 0 saturated carbocycles. The first-order valence-corrected chi connectivity index (χ1v) is 6.98. The number of esters is 1. The number of ketones is 2. The molecular weight excluding hydrogens is 301 g/mol. The lowest BCUT2D eigenvalue weighted by Gasteiger charge is -2.05. The van der Waals surface area contributed by atoms with Crippen LogP contribution in [-0.2, 0) is 4.74 Å². The van der Waals surface area contributed by atoms with Gasteiger partial charge in [-0.2, -0.15) is 0 Å². The van der Waals surface area contributed by atoms with Gasteiger partial charge in [0.1, 0.15) is 5.82 Å². The maximum Gasteiger partial charge on any atom is 0.341 e. The van der Waals surface area contributed by atoms with Crippen molar-refractivity contribution in [3.63, 3.8) is 0 Å². The van der Waals surface area contributed by atoms with Crippen LogP contribution < -0.4 is 0 Å². The average Bonchev–Trinajstić information content (AvgIpc) is 2.80. The lowest BCUT2D eigenvalue weighted by atomic mass is 10.1. The number of benzene rings is 1. The van der Waals surface area contributed by atoms with Crippen molar-refractivity contribution < 1.29 is 23.5 Å². The number of carbonyl (C=O) groups excluding carboxylic acids is 3. The second-order valence-corrected chi connectivity index (χ2v) is 5.16. The molecule has 0 unspecified atom stereocenters. The summed E-state index contributed by atoms with van der Waals surface area (Å²) in [6, 6.07) is 5.36. The highest BCUT2D eigenvalue weighted by atomic mass is 19.1. The molecule has 5 nitrogen and oxygen atoms in total. The van der Waals surface area contributed by atoms with E-state index in [1.165, 1.54) is 25.1 Å². The van der Waals surface area contributed by atoms with Gasteiger partial charge in [-0.15, -0.1) is 0 Å². The molecule has 0 atom stereocenters. The summed E-state index contributed by atoms with van der Waals surface area (Å²) < 4.78 is 18.3. The molecule has 1 heterocycles. The smallest absolute Gasteiger partial charge is 0.341 e. The molecule has 0 spiro atoms. The Hall–Kier alpha value is -2.76. The summed E-state index contributed by atoms with van der Waals surface area (Å²) in [7, 11) is 0. The Morgan fingerprint density at radius 2 is 1.83 bits per heavy atom. The van der Waals surface area contributed by atoms with Crippen molar-refractivity contribution in [3.05, 3.63) is 58.2 Å². The van der Waals surface area contributed by atoms with Gasteiger partial charge in [0, 0.05) is 11.3 Å². The Morgan fingerprint density at radius 3 is 2.39 bits per heavy atom. The summed E-state index contributed by atoms with van der Waals surface area (Å²) in [5, 5.41) is 0. The number of aryl methyl sites for hydroxylation is 1. The third kappa shape index (κ3) is 3.36. The van der Waals surface area contributed by atoms with E-state index >= 15 is 0 Å². The lowest BCUT2D eigenvalue weighted by molar-refractivity contribution is 0.0468. The molecule has 0 aliphatic heterocycles. The van der Waals surface area contributed by atoms with Crippen molar-refractivity contribution in [1.82, 2.24) is 4.98 Å². The van der Waals surface area contributed by atoms with Crippen LogP contribution in [0.15, 0.2) is 24.3 Å². The Kier molecular flexibility index (Phi) is 4.74. The van der Waals surface area contributed by atoms with Crippen LogP contribution in [0.25, 0.3) is 0 Å². The molecule has 2 rings (SSSR count). The van der Waals surface area contributed by atoms with Crippen molar-refractivity contribution in [1.29, 1.82) is 0 Å². The lowest BCUT2D eigenvalue weighted by Crippen LogP contribution is -2.16. The van der Waals surface area contributed by atoms with Gasteiger partial charge >= 0.3 is 5.97 Å². The summed E-state index contributed by atoms with van der Waals surface area (Å²) in [5.74, 6) is -2.26. The van der Waals surface area contributed by atoms with Crippen LogP contribution >= 0.6 is 0 Å². The fourth-order valence-corrected chi connectivity index (χ4v) is 2.46. The number of hydrogen-bond donors (Lipinski definition) is 1. The fraction of sp³-hybridized carbons (Fsp3) is 0.235. The van der Waals surface area contributed by atoms with Gasteiger partial charge in [0.25, 0.3) is 0 Å². The maximum absolute atomic E-state index is 13.5. The van der Waals surface area contributed by atoms with Gasteiger partial charge in [-0.25, -0.2) is 9.18 Å². The normalized spacial score (nSPS) is 10.4. The number of aromatic nitrogens is 1. The number of H-pyrrole nitrogens is 1. The Labute approximate surface area is 132 Å². The standard InChI is InChI=1S/C17H16FNO4/c1-9-15(11(3)20)10(2)19-16(9)14(21)8-23-17(22)12-6-4-5-7-13(12)18/h4-7,19H,8H2,1-3H3. The van der Waals surface area contributed by atoms with Crippen LogP contribution in [0.3, 0.4) is 0 Å². The zero-order valence-corrected chi connectivity index (χ0v) is 13.0. The summed E-state index contributed by atoms with van der Waals surface area (Å²) in [6.07, 6.45) is 0. The van der Waals surface area contributed by atoms with Crippen LogP contribution in [0.2, 0.25) is 0 Å². The van der Waals surface area contributed by atoms with E-state index in [1.807, 2.05) is 0 Å². The minimum atomic E-state index is -0.913. The largest absolute Gasteiger partial charge is 0.454 e. The van der Waals surface area contributed by atoms with Crippen molar-refractivity contribution >= 4 is 17.5 Å². The Bertz CT molecular complexity index is 792. The van der Waals surface area contributed by atoms with Crippen LogP contribution in [0.5, 0.6) is 0 Å². The van der Waals surface area contributed by atoms with Gasteiger partial charge in [0.05, 0.1) is 11.3 Å². The first-order valence-electron chi connectivity index (χ1n) is 6.98. The van der Waals surface area contributed by atoms with E-state index in [4.69, 9.17) is 4.74 Å². The highest BCUT2D eigenvalue weighted by Gasteiger charge is 2.21.